The molecule has 118 valence electrons. The van der Waals surface area contributed by atoms with E-state index in [0.29, 0.717) is 18.1 Å². The average molecular weight is 303 g/mol. The van der Waals surface area contributed by atoms with E-state index in [2.05, 4.69) is 30.8 Å². The zero-order valence-corrected chi connectivity index (χ0v) is 12.9. The molecule has 8 nitrogen and oxygen atoms in total. The number of aromatic amines is 1. The number of hydrogen-bond acceptors (Lipinski definition) is 5. The number of carbonyl (C=O) groups is 1. The average Bonchev–Trinajstić information content (AvgIpc) is 3.11. The Morgan fingerprint density at radius 3 is 3.18 bits per heavy atom. The maximum Gasteiger partial charge on any atom is 0.277 e. The Balaban J connectivity index is 1.66. The van der Waals surface area contributed by atoms with Gasteiger partial charge in [0, 0.05) is 49.6 Å². The molecule has 3 rings (SSSR count). The smallest absolute Gasteiger partial charge is 0.277 e. The third-order valence-corrected chi connectivity index (χ3v) is 3.68. The van der Waals surface area contributed by atoms with Crippen molar-refractivity contribution < 1.29 is 4.79 Å². The number of fused-ring (bicyclic) bond motifs is 1. The summed E-state index contributed by atoms with van der Waals surface area (Å²) in [6.45, 7) is 3.26. The lowest BCUT2D eigenvalue weighted by Gasteiger charge is -2.12. The molecule has 0 atom stereocenters. The minimum Gasteiger partial charge on any atom is -0.312 e. The highest BCUT2D eigenvalue weighted by molar-refractivity contribution is 6.03. The van der Waals surface area contributed by atoms with Crippen LogP contribution < -0.4 is 10.6 Å². The van der Waals surface area contributed by atoms with E-state index < -0.39 is 0 Å². The van der Waals surface area contributed by atoms with E-state index in [0.717, 1.165) is 37.3 Å². The van der Waals surface area contributed by atoms with Gasteiger partial charge in [-0.2, -0.15) is 10.2 Å². The van der Waals surface area contributed by atoms with E-state index in [-0.39, 0.29) is 5.91 Å². The van der Waals surface area contributed by atoms with Gasteiger partial charge in [-0.25, -0.2) is 0 Å². The minimum absolute atomic E-state index is 0.223. The Labute approximate surface area is 128 Å². The molecule has 0 spiro atoms. The summed E-state index contributed by atoms with van der Waals surface area (Å²) in [5.74, 6) is 0.323. The molecule has 0 fully saturated rings. The highest BCUT2D eigenvalue weighted by Gasteiger charge is 2.21. The Bertz CT molecular complexity index is 658. The molecule has 3 heterocycles. The molecule has 0 saturated carbocycles. The van der Waals surface area contributed by atoms with Crippen molar-refractivity contribution in [2.75, 3.05) is 32.5 Å². The van der Waals surface area contributed by atoms with Crippen LogP contribution in [0, 0.1) is 0 Å². The first-order valence-electron chi connectivity index (χ1n) is 7.40. The summed E-state index contributed by atoms with van der Waals surface area (Å²) >= 11 is 0. The van der Waals surface area contributed by atoms with Crippen molar-refractivity contribution in [3.8, 4) is 0 Å². The van der Waals surface area contributed by atoms with Crippen molar-refractivity contribution in [1.82, 2.24) is 30.2 Å². The number of amides is 1. The van der Waals surface area contributed by atoms with Crippen LogP contribution in [0.1, 0.15) is 21.7 Å². The summed E-state index contributed by atoms with van der Waals surface area (Å²) in [5, 5.41) is 17.5. The second-order valence-corrected chi connectivity index (χ2v) is 5.68. The highest BCUT2D eigenvalue weighted by atomic mass is 16.2. The highest BCUT2D eigenvalue weighted by Crippen LogP contribution is 2.16. The fraction of sp³-hybridized carbons (Fsp3) is 0.500. The Hall–Kier alpha value is -2.19. The topological polar surface area (TPSA) is 90.9 Å². The van der Waals surface area contributed by atoms with Crippen molar-refractivity contribution in [3.05, 3.63) is 29.2 Å². The predicted molar refractivity (Wildman–Crippen MR) is 82.7 cm³/mol. The maximum absolute atomic E-state index is 12.3. The summed E-state index contributed by atoms with van der Waals surface area (Å²) in [6.07, 6.45) is 2.73. The number of H-pyrrole nitrogens is 1. The van der Waals surface area contributed by atoms with Crippen LogP contribution in [0.4, 0.5) is 5.82 Å². The van der Waals surface area contributed by atoms with Gasteiger partial charge in [0.25, 0.3) is 5.91 Å². The van der Waals surface area contributed by atoms with E-state index in [9.17, 15) is 4.79 Å². The molecule has 1 aliphatic heterocycles. The molecule has 0 saturated heterocycles. The third-order valence-electron chi connectivity index (χ3n) is 3.68. The quantitative estimate of drug-likeness (QED) is 0.727. The summed E-state index contributed by atoms with van der Waals surface area (Å²) < 4.78 is 1.82. The van der Waals surface area contributed by atoms with Gasteiger partial charge in [-0.1, -0.05) is 0 Å². The van der Waals surface area contributed by atoms with Crippen molar-refractivity contribution in [3.63, 3.8) is 0 Å². The van der Waals surface area contributed by atoms with Crippen LogP contribution in [-0.2, 0) is 19.5 Å². The summed E-state index contributed by atoms with van der Waals surface area (Å²) in [7, 11) is 4.03. The number of aromatic nitrogens is 4. The lowest BCUT2D eigenvalue weighted by molar-refractivity contribution is 0.102. The van der Waals surface area contributed by atoms with E-state index in [1.165, 1.54) is 0 Å². The molecule has 2 aromatic heterocycles. The molecule has 8 heteroatoms. The van der Waals surface area contributed by atoms with E-state index in [1.807, 2.05) is 25.0 Å². The minimum atomic E-state index is -0.223. The number of likely N-dealkylation sites (N-methyl/N-ethyl adjacent to an activating group) is 1. The first-order valence-corrected chi connectivity index (χ1v) is 7.40. The van der Waals surface area contributed by atoms with Crippen molar-refractivity contribution in [2.24, 2.45) is 0 Å². The monoisotopic (exact) mass is 303 g/mol. The third kappa shape index (κ3) is 3.18. The van der Waals surface area contributed by atoms with Crippen molar-refractivity contribution >= 4 is 11.7 Å². The molecule has 1 amide bonds. The number of carbonyl (C=O) groups excluding carboxylic acids is 1. The standard InChI is InChI=1S/C14H21N7O/c1-20(2)7-8-21-6-4-12(19-21)16-14(22)13-10-9-15-5-3-11(10)17-18-13/h4,6,15H,3,5,7-9H2,1-2H3,(H,17,18)(H,16,19,22). The lowest BCUT2D eigenvalue weighted by Crippen LogP contribution is -2.25. The Kier molecular flexibility index (Phi) is 4.21. The van der Waals surface area contributed by atoms with Gasteiger partial charge in [-0.3, -0.25) is 14.6 Å². The van der Waals surface area contributed by atoms with Crippen LogP contribution in [0.5, 0.6) is 0 Å². The van der Waals surface area contributed by atoms with Gasteiger partial charge < -0.3 is 15.5 Å². The second-order valence-electron chi connectivity index (χ2n) is 5.68. The van der Waals surface area contributed by atoms with Crippen LogP contribution in [0.3, 0.4) is 0 Å². The van der Waals surface area contributed by atoms with Crippen LogP contribution >= 0.6 is 0 Å². The van der Waals surface area contributed by atoms with E-state index >= 15 is 0 Å². The van der Waals surface area contributed by atoms with Crippen molar-refractivity contribution in [1.29, 1.82) is 0 Å². The van der Waals surface area contributed by atoms with Crippen LogP contribution in [-0.4, -0.2) is 58.0 Å². The largest absolute Gasteiger partial charge is 0.312 e. The molecule has 1 aliphatic rings. The maximum atomic E-state index is 12.3. The van der Waals surface area contributed by atoms with Gasteiger partial charge in [-0.15, -0.1) is 0 Å². The zero-order valence-electron chi connectivity index (χ0n) is 12.9. The summed E-state index contributed by atoms with van der Waals surface area (Å²) in [6, 6.07) is 1.80. The molecule has 3 N–H and O–H groups in total. The molecule has 2 aromatic rings. The van der Waals surface area contributed by atoms with E-state index in [4.69, 9.17) is 0 Å². The number of anilines is 1. The molecule has 0 aromatic carbocycles. The van der Waals surface area contributed by atoms with Gasteiger partial charge in [0.2, 0.25) is 0 Å². The first kappa shape index (κ1) is 14.7. The molecular weight excluding hydrogens is 282 g/mol. The van der Waals surface area contributed by atoms with Gasteiger partial charge >= 0.3 is 0 Å². The lowest BCUT2D eigenvalue weighted by atomic mass is 10.1. The first-order chi connectivity index (χ1) is 10.6. The molecule has 0 bridgehead atoms. The van der Waals surface area contributed by atoms with Gasteiger partial charge in [-0.05, 0) is 14.1 Å². The SMILES string of the molecule is CN(C)CCn1ccc(NC(=O)c2n[nH]c3c2CNCC3)n1. The van der Waals surface area contributed by atoms with Crippen LogP contribution in [0.25, 0.3) is 0 Å². The Morgan fingerprint density at radius 1 is 1.50 bits per heavy atom. The molecule has 0 radical (unpaired) electrons. The van der Waals surface area contributed by atoms with Crippen molar-refractivity contribution in [2.45, 2.75) is 19.5 Å². The normalized spacial score (nSPS) is 14.1. The fourth-order valence-electron chi connectivity index (χ4n) is 2.44. The fourth-order valence-corrected chi connectivity index (χ4v) is 2.44. The molecule has 0 unspecified atom stereocenters. The summed E-state index contributed by atoms with van der Waals surface area (Å²) in [4.78, 5) is 14.4. The van der Waals surface area contributed by atoms with Crippen LogP contribution in [0.15, 0.2) is 12.3 Å². The number of nitrogens with zero attached hydrogens (tertiary/aromatic N) is 4. The number of rotatable bonds is 5. The van der Waals surface area contributed by atoms with Gasteiger partial charge in [0.1, 0.15) is 0 Å². The predicted octanol–water partition coefficient (Wildman–Crippen LogP) is 0.0658. The van der Waals surface area contributed by atoms with Gasteiger partial charge in [0.05, 0.1) is 6.54 Å². The molecule has 22 heavy (non-hydrogen) atoms. The number of nitrogens with one attached hydrogen (secondary N) is 3. The second kappa shape index (κ2) is 6.29. The van der Waals surface area contributed by atoms with E-state index in [1.54, 1.807) is 6.07 Å². The Morgan fingerprint density at radius 2 is 2.36 bits per heavy atom. The molecular formula is C14H21N7O. The molecule has 0 aliphatic carbocycles. The zero-order chi connectivity index (χ0) is 15.5. The van der Waals surface area contributed by atoms with Crippen LogP contribution in [0.2, 0.25) is 0 Å². The number of hydrogen-bond donors (Lipinski definition) is 3. The van der Waals surface area contributed by atoms with Gasteiger partial charge in [0.15, 0.2) is 11.5 Å². The summed E-state index contributed by atoms with van der Waals surface area (Å²) in [5.41, 5.74) is 2.45.